The number of fused-ring (bicyclic) bond motifs is 1. The molecule has 0 unspecified atom stereocenters. The highest BCUT2D eigenvalue weighted by Gasteiger charge is 2.12. The van der Waals surface area contributed by atoms with Crippen molar-refractivity contribution in [1.29, 1.82) is 0 Å². The van der Waals surface area contributed by atoms with Gasteiger partial charge < -0.3 is 10.6 Å². The molecule has 0 radical (unpaired) electrons. The van der Waals surface area contributed by atoms with Gasteiger partial charge in [-0.05, 0) is 25.1 Å². The number of nitrogens with two attached hydrogens (primary N) is 1. The zero-order chi connectivity index (χ0) is 14.8. The van der Waals surface area contributed by atoms with Gasteiger partial charge in [-0.25, -0.2) is 0 Å². The monoisotopic (exact) mass is 278 g/mol. The van der Waals surface area contributed by atoms with Crippen molar-refractivity contribution in [3.63, 3.8) is 0 Å². The number of para-hydroxylation sites is 1. The van der Waals surface area contributed by atoms with E-state index in [9.17, 15) is 0 Å². The van der Waals surface area contributed by atoms with Crippen LogP contribution in [-0.4, -0.2) is 17.0 Å². The molecule has 3 aromatic rings. The first kappa shape index (κ1) is 13.4. The van der Waals surface area contributed by atoms with E-state index in [2.05, 4.69) is 14.9 Å². The van der Waals surface area contributed by atoms with Gasteiger partial charge in [0, 0.05) is 18.1 Å². The molecule has 0 aliphatic rings. The fourth-order valence-electron chi connectivity index (χ4n) is 2.58. The Hall–Kier alpha value is -2.62. The minimum absolute atomic E-state index is 0.684. The Balaban J connectivity index is 2.01. The Morgan fingerprint density at radius 2 is 1.90 bits per heavy atom. The van der Waals surface area contributed by atoms with Crippen molar-refractivity contribution in [3.8, 4) is 0 Å². The second-order valence-corrected chi connectivity index (χ2v) is 5.21. The second-order valence-electron chi connectivity index (χ2n) is 5.21. The fourth-order valence-corrected chi connectivity index (χ4v) is 2.58. The van der Waals surface area contributed by atoms with Crippen molar-refractivity contribution in [2.24, 2.45) is 0 Å². The molecule has 2 N–H and O–H groups in total. The molecule has 2 aromatic heterocycles. The summed E-state index contributed by atoms with van der Waals surface area (Å²) in [4.78, 5) is 11.1. The van der Waals surface area contributed by atoms with Crippen LogP contribution in [-0.2, 0) is 6.54 Å². The SMILES string of the molecule is Cc1cccc(CN(C)c2c(N)cnc3ccccc23)n1. The summed E-state index contributed by atoms with van der Waals surface area (Å²) in [6.07, 6.45) is 1.72. The lowest BCUT2D eigenvalue weighted by Crippen LogP contribution is -2.19. The van der Waals surface area contributed by atoms with Gasteiger partial charge in [0.1, 0.15) is 0 Å². The van der Waals surface area contributed by atoms with Gasteiger partial charge in [0.25, 0.3) is 0 Å². The average Bonchev–Trinajstić information content (AvgIpc) is 2.47. The van der Waals surface area contributed by atoms with Crippen molar-refractivity contribution in [2.75, 3.05) is 17.7 Å². The lowest BCUT2D eigenvalue weighted by molar-refractivity contribution is 0.881. The van der Waals surface area contributed by atoms with E-state index < -0.39 is 0 Å². The lowest BCUT2D eigenvalue weighted by Gasteiger charge is -2.22. The first-order valence-electron chi connectivity index (χ1n) is 6.92. The maximum atomic E-state index is 6.15. The zero-order valence-electron chi connectivity index (χ0n) is 12.2. The first-order valence-corrected chi connectivity index (χ1v) is 6.92. The number of rotatable bonds is 3. The quantitative estimate of drug-likeness (QED) is 0.799. The van der Waals surface area contributed by atoms with E-state index in [0.717, 1.165) is 28.0 Å². The van der Waals surface area contributed by atoms with Crippen LogP contribution >= 0.6 is 0 Å². The summed E-state index contributed by atoms with van der Waals surface area (Å²) in [7, 11) is 2.03. The van der Waals surface area contributed by atoms with Crippen LogP contribution in [0.5, 0.6) is 0 Å². The molecule has 0 aliphatic heterocycles. The molecule has 0 atom stereocenters. The van der Waals surface area contributed by atoms with Crippen molar-refractivity contribution >= 4 is 22.3 Å². The zero-order valence-corrected chi connectivity index (χ0v) is 12.2. The van der Waals surface area contributed by atoms with Gasteiger partial charge >= 0.3 is 0 Å². The number of pyridine rings is 2. The van der Waals surface area contributed by atoms with E-state index in [-0.39, 0.29) is 0 Å². The molecule has 4 heteroatoms. The summed E-state index contributed by atoms with van der Waals surface area (Å²) in [5.74, 6) is 0. The van der Waals surface area contributed by atoms with Crippen molar-refractivity contribution in [3.05, 3.63) is 60.0 Å². The van der Waals surface area contributed by atoms with E-state index in [0.29, 0.717) is 12.2 Å². The van der Waals surface area contributed by atoms with Crippen LogP contribution in [0.15, 0.2) is 48.7 Å². The highest BCUT2D eigenvalue weighted by Crippen LogP contribution is 2.31. The summed E-state index contributed by atoms with van der Waals surface area (Å²) in [6.45, 7) is 2.71. The first-order chi connectivity index (χ1) is 10.1. The molecule has 2 heterocycles. The van der Waals surface area contributed by atoms with E-state index in [1.165, 1.54) is 0 Å². The summed E-state index contributed by atoms with van der Waals surface area (Å²) in [5, 5.41) is 1.06. The molecule has 0 fully saturated rings. The Morgan fingerprint density at radius 1 is 1.10 bits per heavy atom. The van der Waals surface area contributed by atoms with Crippen LogP contribution in [0.3, 0.4) is 0 Å². The molecule has 0 bridgehead atoms. The van der Waals surface area contributed by atoms with E-state index >= 15 is 0 Å². The molecule has 4 nitrogen and oxygen atoms in total. The Morgan fingerprint density at radius 3 is 2.71 bits per heavy atom. The van der Waals surface area contributed by atoms with Gasteiger partial charge in [0.2, 0.25) is 0 Å². The third-order valence-electron chi connectivity index (χ3n) is 3.50. The number of anilines is 2. The minimum Gasteiger partial charge on any atom is -0.396 e. The van der Waals surface area contributed by atoms with Gasteiger partial charge in [0.05, 0.1) is 35.3 Å². The van der Waals surface area contributed by atoms with Crippen molar-refractivity contribution in [2.45, 2.75) is 13.5 Å². The Bertz CT molecular complexity index is 783. The molecule has 1 aromatic carbocycles. The second kappa shape index (κ2) is 5.40. The fraction of sp³-hybridized carbons (Fsp3) is 0.176. The van der Waals surface area contributed by atoms with Crippen molar-refractivity contribution in [1.82, 2.24) is 9.97 Å². The van der Waals surface area contributed by atoms with Gasteiger partial charge in [0.15, 0.2) is 0 Å². The van der Waals surface area contributed by atoms with Gasteiger partial charge in [-0.15, -0.1) is 0 Å². The molecule has 0 amide bonds. The predicted octanol–water partition coefficient (Wildman–Crippen LogP) is 3.16. The van der Waals surface area contributed by atoms with Crippen LogP contribution in [0.1, 0.15) is 11.4 Å². The Kier molecular flexibility index (Phi) is 3.44. The van der Waals surface area contributed by atoms with E-state index in [1.54, 1.807) is 6.20 Å². The maximum Gasteiger partial charge on any atom is 0.0745 e. The van der Waals surface area contributed by atoms with Gasteiger partial charge in [-0.1, -0.05) is 24.3 Å². The summed E-state index contributed by atoms with van der Waals surface area (Å²) in [6, 6.07) is 14.1. The smallest absolute Gasteiger partial charge is 0.0745 e. The predicted molar refractivity (Wildman–Crippen MR) is 87.2 cm³/mol. The molecule has 0 saturated heterocycles. The number of aromatic nitrogens is 2. The minimum atomic E-state index is 0.684. The van der Waals surface area contributed by atoms with Gasteiger partial charge in [-0.2, -0.15) is 0 Å². The molecule has 0 aliphatic carbocycles. The van der Waals surface area contributed by atoms with Gasteiger partial charge in [-0.3, -0.25) is 9.97 Å². The normalized spacial score (nSPS) is 10.8. The summed E-state index contributed by atoms with van der Waals surface area (Å²) < 4.78 is 0. The number of nitrogens with zero attached hydrogens (tertiary/aromatic N) is 3. The van der Waals surface area contributed by atoms with Crippen LogP contribution in [0.25, 0.3) is 10.9 Å². The van der Waals surface area contributed by atoms with E-state index in [4.69, 9.17) is 5.73 Å². The number of aryl methyl sites for hydroxylation is 1. The molecule has 0 spiro atoms. The number of hydrogen-bond donors (Lipinski definition) is 1. The highest BCUT2D eigenvalue weighted by molar-refractivity contribution is 5.97. The molecular formula is C17H18N4. The van der Waals surface area contributed by atoms with E-state index in [1.807, 2.05) is 56.4 Å². The summed E-state index contributed by atoms with van der Waals surface area (Å²) >= 11 is 0. The topological polar surface area (TPSA) is 55.0 Å². The van der Waals surface area contributed by atoms with Crippen LogP contribution in [0, 0.1) is 6.92 Å². The Labute approximate surface area is 124 Å². The number of hydrogen-bond acceptors (Lipinski definition) is 4. The molecule has 106 valence electrons. The standard InChI is InChI=1S/C17H18N4/c1-12-6-5-7-13(20-12)11-21(2)17-14-8-3-4-9-16(14)19-10-15(17)18/h3-10H,11,18H2,1-2H3. The van der Waals surface area contributed by atoms with Crippen LogP contribution in [0.2, 0.25) is 0 Å². The largest absolute Gasteiger partial charge is 0.396 e. The number of nitrogen functional groups attached to an aromatic ring is 1. The molecule has 21 heavy (non-hydrogen) atoms. The van der Waals surface area contributed by atoms with Crippen LogP contribution < -0.4 is 10.6 Å². The highest BCUT2D eigenvalue weighted by atomic mass is 15.1. The average molecular weight is 278 g/mol. The third-order valence-corrected chi connectivity index (χ3v) is 3.50. The molecule has 0 saturated carbocycles. The third kappa shape index (κ3) is 2.65. The molecule has 3 rings (SSSR count). The summed E-state index contributed by atoms with van der Waals surface area (Å²) in [5.41, 5.74) is 10.8. The van der Waals surface area contributed by atoms with Crippen LogP contribution in [0.4, 0.5) is 11.4 Å². The maximum absolute atomic E-state index is 6.15. The molecular weight excluding hydrogens is 260 g/mol. The lowest BCUT2D eigenvalue weighted by atomic mass is 10.1. The number of benzene rings is 1. The van der Waals surface area contributed by atoms with Crippen molar-refractivity contribution < 1.29 is 0 Å².